The summed E-state index contributed by atoms with van der Waals surface area (Å²) in [6, 6.07) is 6.36. The first-order valence-corrected chi connectivity index (χ1v) is 5.36. The van der Waals surface area contributed by atoms with E-state index in [1.807, 2.05) is 13.1 Å². The van der Waals surface area contributed by atoms with Crippen molar-refractivity contribution in [2.75, 3.05) is 7.05 Å². The summed E-state index contributed by atoms with van der Waals surface area (Å²) in [5.74, 6) is 0. The standard InChI is InChI=1S/C14H18N2/c1-5-11-7-8-12(6-2)13(9-11)14(16-4)10-15-3/h6-10,16H,2-3,5H2,1,4H3/b14-10-. The summed E-state index contributed by atoms with van der Waals surface area (Å²) in [5.41, 5.74) is 4.47. The van der Waals surface area contributed by atoms with E-state index in [0.717, 1.165) is 23.2 Å². The first-order chi connectivity index (χ1) is 7.76. The van der Waals surface area contributed by atoms with Crippen LogP contribution in [0.1, 0.15) is 23.6 Å². The van der Waals surface area contributed by atoms with Crippen molar-refractivity contribution in [3.8, 4) is 0 Å². The summed E-state index contributed by atoms with van der Waals surface area (Å²) in [5, 5.41) is 3.12. The Hall–Kier alpha value is -1.83. The lowest BCUT2D eigenvalue weighted by Gasteiger charge is -2.11. The van der Waals surface area contributed by atoms with Gasteiger partial charge in [-0.15, -0.1) is 0 Å². The van der Waals surface area contributed by atoms with Gasteiger partial charge in [-0.25, -0.2) is 0 Å². The Kier molecular flexibility index (Phi) is 4.52. The number of benzene rings is 1. The molecule has 84 valence electrons. The Balaban J connectivity index is 3.32. The maximum Gasteiger partial charge on any atom is 0.0603 e. The SMILES string of the molecule is C=Cc1ccc(CC)cc1/C(=C/N=C)NC. The van der Waals surface area contributed by atoms with Crippen molar-refractivity contribution in [2.24, 2.45) is 4.99 Å². The monoisotopic (exact) mass is 214 g/mol. The van der Waals surface area contributed by atoms with Crippen molar-refractivity contribution >= 4 is 18.5 Å². The van der Waals surface area contributed by atoms with E-state index in [0.29, 0.717) is 0 Å². The van der Waals surface area contributed by atoms with Crippen LogP contribution in [0.5, 0.6) is 0 Å². The van der Waals surface area contributed by atoms with Gasteiger partial charge in [0.1, 0.15) is 0 Å². The molecule has 16 heavy (non-hydrogen) atoms. The van der Waals surface area contributed by atoms with E-state index in [4.69, 9.17) is 0 Å². The molecule has 0 bridgehead atoms. The highest BCUT2D eigenvalue weighted by Gasteiger charge is 2.05. The number of rotatable bonds is 5. The molecule has 0 fully saturated rings. The van der Waals surface area contributed by atoms with E-state index in [1.54, 1.807) is 6.20 Å². The predicted octanol–water partition coefficient (Wildman–Crippen LogP) is 3.11. The normalized spacial score (nSPS) is 11.0. The summed E-state index contributed by atoms with van der Waals surface area (Å²) < 4.78 is 0. The number of nitrogens with zero attached hydrogens (tertiary/aromatic N) is 1. The second-order valence-corrected chi connectivity index (χ2v) is 3.45. The van der Waals surface area contributed by atoms with Crippen LogP contribution in [-0.2, 0) is 6.42 Å². The fraction of sp³-hybridized carbons (Fsp3) is 0.214. The van der Waals surface area contributed by atoms with Crippen molar-refractivity contribution < 1.29 is 0 Å². The molecule has 0 aromatic heterocycles. The molecule has 1 N–H and O–H groups in total. The van der Waals surface area contributed by atoms with Crippen LogP contribution in [0.25, 0.3) is 11.8 Å². The van der Waals surface area contributed by atoms with Crippen LogP contribution in [0.15, 0.2) is 36.0 Å². The molecule has 0 saturated carbocycles. The van der Waals surface area contributed by atoms with Crippen LogP contribution >= 0.6 is 0 Å². The highest BCUT2D eigenvalue weighted by Crippen LogP contribution is 2.20. The largest absolute Gasteiger partial charge is 0.386 e. The first kappa shape index (κ1) is 12.2. The third kappa shape index (κ3) is 2.60. The molecule has 1 aromatic carbocycles. The number of aryl methyl sites for hydroxylation is 1. The minimum absolute atomic E-state index is 0.959. The summed E-state index contributed by atoms with van der Waals surface area (Å²) in [6.45, 7) is 9.44. The van der Waals surface area contributed by atoms with Gasteiger partial charge in [0.25, 0.3) is 0 Å². The zero-order chi connectivity index (χ0) is 12.0. The molecular weight excluding hydrogens is 196 g/mol. The molecule has 2 nitrogen and oxygen atoms in total. The van der Waals surface area contributed by atoms with Crippen molar-refractivity contribution in [2.45, 2.75) is 13.3 Å². The van der Waals surface area contributed by atoms with Gasteiger partial charge in [-0.05, 0) is 30.3 Å². The lowest BCUT2D eigenvalue weighted by molar-refractivity contribution is 1.10. The highest BCUT2D eigenvalue weighted by atomic mass is 14.9. The van der Waals surface area contributed by atoms with Gasteiger partial charge >= 0.3 is 0 Å². The van der Waals surface area contributed by atoms with Crippen molar-refractivity contribution in [1.82, 2.24) is 5.32 Å². The molecule has 0 unspecified atom stereocenters. The molecule has 0 aliphatic rings. The number of hydrogen-bond donors (Lipinski definition) is 1. The Morgan fingerprint density at radius 3 is 2.75 bits per heavy atom. The van der Waals surface area contributed by atoms with Crippen LogP contribution in [-0.4, -0.2) is 13.8 Å². The summed E-state index contributed by atoms with van der Waals surface area (Å²) in [4.78, 5) is 3.81. The Morgan fingerprint density at radius 1 is 1.50 bits per heavy atom. The molecule has 1 rings (SSSR count). The van der Waals surface area contributed by atoms with E-state index in [-0.39, 0.29) is 0 Å². The van der Waals surface area contributed by atoms with Crippen LogP contribution in [0, 0.1) is 0 Å². The molecule has 0 aliphatic heterocycles. The molecule has 0 amide bonds. The van der Waals surface area contributed by atoms with E-state index >= 15 is 0 Å². The molecule has 0 heterocycles. The average Bonchev–Trinajstić information content (AvgIpc) is 2.35. The van der Waals surface area contributed by atoms with Crippen LogP contribution < -0.4 is 5.32 Å². The topological polar surface area (TPSA) is 24.4 Å². The Labute approximate surface area is 97.4 Å². The van der Waals surface area contributed by atoms with Crippen LogP contribution in [0.4, 0.5) is 0 Å². The smallest absolute Gasteiger partial charge is 0.0603 e. The van der Waals surface area contributed by atoms with Gasteiger partial charge in [0, 0.05) is 18.8 Å². The van der Waals surface area contributed by atoms with Gasteiger partial charge in [0.2, 0.25) is 0 Å². The molecule has 0 spiro atoms. The lowest BCUT2D eigenvalue weighted by Crippen LogP contribution is -2.06. The molecule has 0 radical (unpaired) electrons. The minimum Gasteiger partial charge on any atom is -0.386 e. The van der Waals surface area contributed by atoms with E-state index in [2.05, 4.69) is 48.7 Å². The molecule has 0 atom stereocenters. The average molecular weight is 214 g/mol. The molecule has 0 saturated heterocycles. The molecule has 2 heteroatoms. The fourth-order valence-corrected chi connectivity index (χ4v) is 1.59. The minimum atomic E-state index is 0.959. The molecule has 1 aromatic rings. The molecule has 0 aliphatic carbocycles. The molecular formula is C14H18N2. The second kappa shape index (κ2) is 5.91. The Bertz CT molecular complexity index is 417. The van der Waals surface area contributed by atoms with Gasteiger partial charge in [0.15, 0.2) is 0 Å². The third-order valence-electron chi connectivity index (χ3n) is 2.53. The van der Waals surface area contributed by atoms with Crippen molar-refractivity contribution in [1.29, 1.82) is 0 Å². The van der Waals surface area contributed by atoms with Crippen molar-refractivity contribution in [3.63, 3.8) is 0 Å². The van der Waals surface area contributed by atoms with E-state index < -0.39 is 0 Å². The van der Waals surface area contributed by atoms with Gasteiger partial charge in [-0.3, -0.25) is 4.99 Å². The number of hydrogen-bond acceptors (Lipinski definition) is 2. The highest BCUT2D eigenvalue weighted by molar-refractivity contribution is 5.73. The van der Waals surface area contributed by atoms with Gasteiger partial charge < -0.3 is 5.32 Å². The Morgan fingerprint density at radius 2 is 2.25 bits per heavy atom. The summed E-state index contributed by atoms with van der Waals surface area (Å²) in [7, 11) is 1.88. The van der Waals surface area contributed by atoms with E-state index in [1.165, 1.54) is 5.56 Å². The first-order valence-electron chi connectivity index (χ1n) is 5.36. The third-order valence-corrected chi connectivity index (χ3v) is 2.53. The number of nitrogens with one attached hydrogen (secondary N) is 1. The summed E-state index contributed by atoms with van der Waals surface area (Å²) >= 11 is 0. The predicted molar refractivity (Wildman–Crippen MR) is 72.5 cm³/mol. The lowest BCUT2D eigenvalue weighted by atomic mass is 10.0. The zero-order valence-electron chi connectivity index (χ0n) is 9.96. The van der Waals surface area contributed by atoms with Gasteiger partial charge in [-0.2, -0.15) is 0 Å². The zero-order valence-corrected chi connectivity index (χ0v) is 9.96. The van der Waals surface area contributed by atoms with Crippen LogP contribution in [0.2, 0.25) is 0 Å². The summed E-state index contributed by atoms with van der Waals surface area (Å²) in [6.07, 6.45) is 4.59. The quantitative estimate of drug-likeness (QED) is 0.748. The number of aliphatic imine (C=N–C) groups is 1. The van der Waals surface area contributed by atoms with Crippen LogP contribution in [0.3, 0.4) is 0 Å². The van der Waals surface area contributed by atoms with Gasteiger partial charge in [-0.1, -0.05) is 31.7 Å². The second-order valence-electron chi connectivity index (χ2n) is 3.45. The maximum atomic E-state index is 3.82. The van der Waals surface area contributed by atoms with E-state index in [9.17, 15) is 0 Å². The van der Waals surface area contributed by atoms with Gasteiger partial charge in [0.05, 0.1) is 5.70 Å². The maximum absolute atomic E-state index is 3.82. The van der Waals surface area contributed by atoms with Crippen molar-refractivity contribution in [3.05, 3.63) is 47.7 Å². The fourth-order valence-electron chi connectivity index (χ4n) is 1.59.